The molecule has 4 atom stereocenters. The molecule has 10 heteroatoms. The van der Waals surface area contributed by atoms with E-state index in [2.05, 4.69) is 4.84 Å². The van der Waals surface area contributed by atoms with E-state index in [1.165, 1.54) is 0 Å². The second-order valence-corrected chi connectivity index (χ2v) is 2.66. The Balaban J connectivity index is -0.000000980. The molecule has 0 heterocycles. The van der Waals surface area contributed by atoms with Crippen LogP contribution in [-0.4, -0.2) is 62.5 Å². The molecule has 0 spiro atoms. The normalized spacial score (nSPS) is 17.6. The molecule has 0 aliphatic heterocycles. The number of nitrogens with zero attached hydrogens (tertiary/aromatic N) is 1. The van der Waals surface area contributed by atoms with Crippen LogP contribution in [-0.2, 0) is 9.63 Å². The Morgan fingerprint density at radius 1 is 1.25 bits per heavy atom. The van der Waals surface area contributed by atoms with Gasteiger partial charge in [0, 0.05) is 0 Å². The fraction of sp³-hybridized carbons (Fsp3) is 0.833. The second-order valence-electron chi connectivity index (χ2n) is 2.66. The number of rotatable bonds is 6. The molecule has 0 aromatic heterocycles. The molecule has 5 N–H and O–H groups in total. The Morgan fingerprint density at radius 3 is 2.12 bits per heavy atom. The topological polar surface area (TPSA) is 157 Å². The van der Waals surface area contributed by atoms with Crippen molar-refractivity contribution < 1.29 is 88.0 Å². The first-order chi connectivity index (χ1) is 6.95. The van der Waals surface area contributed by atoms with Crippen molar-refractivity contribution >= 4 is 5.97 Å². The van der Waals surface area contributed by atoms with E-state index in [0.717, 1.165) is 0 Å². The van der Waals surface area contributed by atoms with Crippen molar-refractivity contribution in [2.24, 2.45) is 5.34 Å². The zero-order valence-electron chi connectivity index (χ0n) is 9.42. The monoisotopic (exact) mass is 265 g/mol. The summed E-state index contributed by atoms with van der Waals surface area (Å²) in [6, 6.07) is 0. The third-order valence-electron chi connectivity index (χ3n) is 1.62. The summed E-state index contributed by atoms with van der Waals surface area (Å²) in [5.74, 6) is -1.58. The van der Waals surface area contributed by atoms with Crippen molar-refractivity contribution in [2.45, 2.75) is 24.4 Å². The van der Waals surface area contributed by atoms with Crippen LogP contribution in [0.2, 0.25) is 0 Å². The van der Waals surface area contributed by atoms with Gasteiger partial charge >= 0.3 is 57.4 Å². The van der Waals surface area contributed by atoms with Crippen LogP contribution >= 0.6 is 0 Å². The molecule has 0 aromatic rings. The molecule has 16 heavy (non-hydrogen) atoms. The largest absolute Gasteiger partial charge is 1.00 e. The van der Waals surface area contributed by atoms with Gasteiger partial charge in [-0.2, -0.15) is 0 Å². The molecule has 0 amide bonds. The first kappa shape index (κ1) is 18.9. The van der Waals surface area contributed by atoms with Crippen LogP contribution in [0.25, 0.3) is 0 Å². The van der Waals surface area contributed by atoms with Gasteiger partial charge in [0.25, 0.3) is 0 Å². The van der Waals surface area contributed by atoms with Crippen LogP contribution < -0.4 is 51.4 Å². The van der Waals surface area contributed by atoms with Gasteiger partial charge in [-0.25, -0.2) is 4.79 Å². The summed E-state index contributed by atoms with van der Waals surface area (Å²) in [6.07, 6.45) is -8.07. The van der Waals surface area contributed by atoms with Gasteiger partial charge in [0.05, 0.1) is 6.61 Å². The van der Waals surface area contributed by atoms with Crippen LogP contribution in [0.4, 0.5) is 0 Å². The molecule has 0 aliphatic carbocycles. The summed E-state index contributed by atoms with van der Waals surface area (Å²) in [4.78, 5) is 23.5. The van der Waals surface area contributed by atoms with Gasteiger partial charge < -0.3 is 27.0 Å². The smallest absolute Gasteiger partial charge is 1.00 e. The summed E-state index contributed by atoms with van der Waals surface area (Å²) in [6.45, 7) is -0.883. The maximum Gasteiger partial charge on any atom is 1.00 e. The van der Waals surface area contributed by atoms with Crippen molar-refractivity contribution in [3.63, 3.8) is 0 Å². The van der Waals surface area contributed by atoms with E-state index in [1.807, 2.05) is 0 Å². The predicted octanol–water partition coefficient (Wildman–Crippen LogP) is -6.24. The van der Waals surface area contributed by atoms with Gasteiger partial charge in [-0.1, -0.05) is 0 Å². The molecule has 0 aromatic carbocycles. The summed E-state index contributed by atoms with van der Waals surface area (Å²) in [5.41, 5.74) is 0. The maximum atomic E-state index is 10.6. The molecule has 0 saturated heterocycles. The van der Waals surface area contributed by atoms with Crippen LogP contribution in [0.1, 0.15) is 1.43 Å². The molecule has 0 fully saturated rings. The Morgan fingerprint density at radius 2 is 1.75 bits per heavy atom. The van der Waals surface area contributed by atoms with Crippen molar-refractivity contribution in [1.82, 2.24) is 0 Å². The minimum Gasteiger partial charge on any atom is -1.00 e. The van der Waals surface area contributed by atoms with Gasteiger partial charge in [-0.05, 0) is 0 Å². The second kappa shape index (κ2) is 9.53. The van der Waals surface area contributed by atoms with Crippen molar-refractivity contribution in [2.75, 3.05) is 6.61 Å². The van der Waals surface area contributed by atoms with Gasteiger partial charge in [-0.15, -0.1) is 4.91 Å². The standard InChI is InChI=1S/C6H11NO8.K.H/c8-1-2(9)3(10)4(11)5(12)6(13)15-7-14;;/h2-5,8-12H,1H2;;/q;+1;-1/t2-,3-,4+,5-;;/m1../s1. The Hall–Kier alpha value is 0.506. The van der Waals surface area contributed by atoms with Crippen molar-refractivity contribution in [3.8, 4) is 0 Å². The van der Waals surface area contributed by atoms with E-state index >= 15 is 0 Å². The number of hydrogen-bond donors (Lipinski definition) is 5. The van der Waals surface area contributed by atoms with Crippen molar-refractivity contribution in [3.05, 3.63) is 4.91 Å². The average Bonchev–Trinajstić information content (AvgIpc) is 2.25. The van der Waals surface area contributed by atoms with Crippen LogP contribution in [0, 0.1) is 4.91 Å². The molecule has 0 saturated carbocycles. The Kier molecular flexibility index (Phi) is 11.2. The summed E-state index contributed by atoms with van der Waals surface area (Å²) in [7, 11) is 0. The summed E-state index contributed by atoms with van der Waals surface area (Å²) in [5, 5.41) is 46.0. The van der Waals surface area contributed by atoms with E-state index in [-0.39, 0.29) is 52.8 Å². The predicted molar refractivity (Wildman–Crippen MR) is 44.1 cm³/mol. The molecule has 0 bridgehead atoms. The summed E-state index contributed by atoms with van der Waals surface area (Å²) >= 11 is 0. The fourth-order valence-corrected chi connectivity index (χ4v) is 0.753. The number of carbonyl (C=O) groups excluding carboxylic acids is 1. The third kappa shape index (κ3) is 5.72. The van der Waals surface area contributed by atoms with Gasteiger partial charge in [0.1, 0.15) is 18.3 Å². The average molecular weight is 265 g/mol. The van der Waals surface area contributed by atoms with E-state index in [4.69, 9.17) is 25.5 Å². The maximum absolute atomic E-state index is 10.6. The van der Waals surface area contributed by atoms with E-state index in [1.54, 1.807) is 5.34 Å². The minimum absolute atomic E-state index is 0. The SMILES string of the molecule is O=NOC(=O)[C@H](O)[C@@H](O)[C@H](O)[C@H](O)CO.[H-].[K+]. The number of aliphatic hydroxyl groups is 5. The van der Waals surface area contributed by atoms with Crippen molar-refractivity contribution in [1.29, 1.82) is 0 Å². The third-order valence-corrected chi connectivity index (χ3v) is 1.62. The van der Waals surface area contributed by atoms with Crippen LogP contribution in [0.15, 0.2) is 5.34 Å². The first-order valence-electron chi connectivity index (χ1n) is 3.82. The Bertz CT molecular complexity index is 232. The van der Waals surface area contributed by atoms with E-state index < -0.39 is 37.0 Å². The molecular formula is C6H12KNO8. The molecular weight excluding hydrogens is 253 g/mol. The molecule has 0 radical (unpaired) electrons. The first-order valence-corrected chi connectivity index (χ1v) is 3.82. The van der Waals surface area contributed by atoms with Gasteiger partial charge in [-0.3, -0.25) is 4.84 Å². The van der Waals surface area contributed by atoms with Crippen LogP contribution in [0.3, 0.4) is 0 Å². The number of aliphatic hydroxyl groups excluding tert-OH is 5. The molecule has 0 rings (SSSR count). The number of hydrogen-bond acceptors (Lipinski definition) is 9. The quantitative estimate of drug-likeness (QED) is 0.180. The zero-order valence-corrected chi connectivity index (χ0v) is 11.5. The molecule has 0 aliphatic rings. The van der Waals surface area contributed by atoms with Gasteiger partial charge in [0.15, 0.2) is 11.4 Å². The molecule has 90 valence electrons. The van der Waals surface area contributed by atoms with E-state index in [0.29, 0.717) is 0 Å². The number of carbonyl (C=O) groups is 1. The minimum atomic E-state index is -2.25. The van der Waals surface area contributed by atoms with Gasteiger partial charge in [0.2, 0.25) is 0 Å². The Labute approximate surface area is 134 Å². The molecule has 9 nitrogen and oxygen atoms in total. The molecule has 0 unspecified atom stereocenters. The fourth-order valence-electron chi connectivity index (χ4n) is 0.753. The zero-order chi connectivity index (χ0) is 12.0. The summed E-state index contributed by atoms with van der Waals surface area (Å²) < 4.78 is 0. The van der Waals surface area contributed by atoms with E-state index in [9.17, 15) is 9.70 Å². The van der Waals surface area contributed by atoms with Crippen LogP contribution in [0.5, 0.6) is 0 Å².